The average Bonchev–Trinajstić information content (AvgIpc) is 2.38. The number of nitrogens with one attached hydrogen (secondary N) is 1. The highest BCUT2D eigenvalue weighted by atomic mass is 35.5. The van der Waals surface area contributed by atoms with Gasteiger partial charge in [-0.1, -0.05) is 11.6 Å². The van der Waals surface area contributed by atoms with E-state index in [1.807, 2.05) is 0 Å². The van der Waals surface area contributed by atoms with Crippen molar-refractivity contribution < 1.29 is 9.66 Å². The third-order valence-corrected chi connectivity index (χ3v) is 3.12. The van der Waals surface area contributed by atoms with Gasteiger partial charge < -0.3 is 10.1 Å². The van der Waals surface area contributed by atoms with Crippen LogP contribution in [-0.4, -0.2) is 29.6 Å². The SMILES string of the molecule is O=[N+]([O-])c1cc(Cl)cnc1OCC1CCNCC1. The molecule has 6 nitrogen and oxygen atoms in total. The van der Waals surface area contributed by atoms with Crippen molar-refractivity contribution in [3.05, 3.63) is 27.4 Å². The van der Waals surface area contributed by atoms with E-state index in [9.17, 15) is 10.1 Å². The van der Waals surface area contributed by atoms with Crippen LogP contribution in [0.2, 0.25) is 5.02 Å². The van der Waals surface area contributed by atoms with E-state index in [1.165, 1.54) is 12.3 Å². The van der Waals surface area contributed by atoms with Crippen LogP contribution in [0.1, 0.15) is 12.8 Å². The molecule has 2 heterocycles. The molecule has 0 spiro atoms. The van der Waals surface area contributed by atoms with Gasteiger partial charge in [0, 0.05) is 6.07 Å². The Morgan fingerprint density at radius 1 is 1.56 bits per heavy atom. The fourth-order valence-electron chi connectivity index (χ4n) is 1.90. The lowest BCUT2D eigenvalue weighted by atomic mass is 9.99. The number of nitrogens with zero attached hydrogens (tertiary/aromatic N) is 2. The lowest BCUT2D eigenvalue weighted by molar-refractivity contribution is -0.386. The summed E-state index contributed by atoms with van der Waals surface area (Å²) in [6, 6.07) is 1.26. The van der Waals surface area contributed by atoms with E-state index in [1.54, 1.807) is 0 Å². The van der Waals surface area contributed by atoms with Gasteiger partial charge >= 0.3 is 5.69 Å². The number of halogens is 1. The number of ether oxygens (including phenoxy) is 1. The minimum absolute atomic E-state index is 0.0444. The van der Waals surface area contributed by atoms with E-state index in [0.29, 0.717) is 12.5 Å². The molecule has 0 amide bonds. The second kappa shape index (κ2) is 5.97. The largest absolute Gasteiger partial charge is 0.473 e. The van der Waals surface area contributed by atoms with E-state index in [2.05, 4.69) is 10.3 Å². The molecule has 1 aliphatic heterocycles. The Labute approximate surface area is 109 Å². The first-order chi connectivity index (χ1) is 8.66. The zero-order valence-electron chi connectivity index (χ0n) is 9.76. The summed E-state index contributed by atoms with van der Waals surface area (Å²) in [6.45, 7) is 2.38. The highest BCUT2D eigenvalue weighted by Gasteiger charge is 2.20. The van der Waals surface area contributed by atoms with Crippen molar-refractivity contribution in [2.24, 2.45) is 5.92 Å². The van der Waals surface area contributed by atoms with Crippen LogP contribution in [0.15, 0.2) is 12.3 Å². The van der Waals surface area contributed by atoms with Crippen LogP contribution in [0.5, 0.6) is 5.88 Å². The molecule has 0 bridgehead atoms. The zero-order valence-corrected chi connectivity index (χ0v) is 10.5. The van der Waals surface area contributed by atoms with Gasteiger partial charge in [0.15, 0.2) is 0 Å². The molecule has 0 saturated carbocycles. The third kappa shape index (κ3) is 3.30. The van der Waals surface area contributed by atoms with Crippen molar-refractivity contribution in [3.8, 4) is 5.88 Å². The molecule has 1 aromatic heterocycles. The van der Waals surface area contributed by atoms with Crippen LogP contribution in [0.4, 0.5) is 5.69 Å². The smallest absolute Gasteiger partial charge is 0.332 e. The van der Waals surface area contributed by atoms with Gasteiger partial charge in [-0.2, -0.15) is 0 Å². The van der Waals surface area contributed by atoms with Gasteiger partial charge in [0.05, 0.1) is 22.7 Å². The van der Waals surface area contributed by atoms with Crippen LogP contribution >= 0.6 is 11.6 Å². The second-order valence-corrected chi connectivity index (χ2v) is 4.68. The fraction of sp³-hybridized carbons (Fsp3) is 0.545. The Morgan fingerprint density at radius 3 is 2.94 bits per heavy atom. The van der Waals surface area contributed by atoms with Gasteiger partial charge in [-0.3, -0.25) is 10.1 Å². The summed E-state index contributed by atoms with van der Waals surface area (Å²) >= 11 is 5.68. The van der Waals surface area contributed by atoms with Crippen molar-refractivity contribution in [1.82, 2.24) is 10.3 Å². The first-order valence-electron chi connectivity index (χ1n) is 5.80. The van der Waals surface area contributed by atoms with Crippen LogP contribution in [0.25, 0.3) is 0 Å². The molecular formula is C11H14ClN3O3. The van der Waals surface area contributed by atoms with Crippen molar-refractivity contribution in [2.45, 2.75) is 12.8 Å². The number of piperidine rings is 1. The van der Waals surface area contributed by atoms with Gasteiger partial charge in [0.1, 0.15) is 0 Å². The van der Waals surface area contributed by atoms with E-state index >= 15 is 0 Å². The number of rotatable bonds is 4. The zero-order chi connectivity index (χ0) is 13.0. The molecule has 98 valence electrons. The van der Waals surface area contributed by atoms with E-state index < -0.39 is 4.92 Å². The highest BCUT2D eigenvalue weighted by Crippen LogP contribution is 2.27. The number of hydrogen-bond donors (Lipinski definition) is 1. The van der Waals surface area contributed by atoms with Crippen LogP contribution in [0, 0.1) is 16.0 Å². The Hall–Kier alpha value is -1.40. The quantitative estimate of drug-likeness (QED) is 0.670. The maximum atomic E-state index is 10.8. The van der Waals surface area contributed by atoms with Gasteiger partial charge in [-0.05, 0) is 31.8 Å². The van der Waals surface area contributed by atoms with Crippen molar-refractivity contribution in [3.63, 3.8) is 0 Å². The lowest BCUT2D eigenvalue weighted by Gasteiger charge is -2.22. The number of aromatic nitrogens is 1. The Bertz CT molecular complexity index is 436. The standard InChI is InChI=1S/C11H14ClN3O3/c12-9-5-10(15(16)17)11(14-6-9)18-7-8-1-3-13-4-2-8/h5-6,8,13H,1-4,7H2. The van der Waals surface area contributed by atoms with E-state index in [-0.39, 0.29) is 16.6 Å². The molecule has 0 unspecified atom stereocenters. The summed E-state index contributed by atoms with van der Waals surface area (Å²) < 4.78 is 5.45. The fourth-order valence-corrected chi connectivity index (χ4v) is 2.06. The molecule has 1 fully saturated rings. The summed E-state index contributed by atoms with van der Waals surface area (Å²) in [4.78, 5) is 14.2. The molecule has 1 aromatic rings. The van der Waals surface area contributed by atoms with Crippen LogP contribution in [-0.2, 0) is 0 Å². The lowest BCUT2D eigenvalue weighted by Crippen LogP contribution is -2.30. The molecule has 0 aromatic carbocycles. The predicted octanol–water partition coefficient (Wildman–Crippen LogP) is 2.02. The molecule has 1 saturated heterocycles. The minimum atomic E-state index is -0.531. The molecular weight excluding hydrogens is 258 g/mol. The van der Waals surface area contributed by atoms with Crippen molar-refractivity contribution in [2.75, 3.05) is 19.7 Å². The minimum Gasteiger partial charge on any atom is -0.473 e. The third-order valence-electron chi connectivity index (χ3n) is 2.91. The molecule has 2 rings (SSSR count). The molecule has 18 heavy (non-hydrogen) atoms. The van der Waals surface area contributed by atoms with Gasteiger partial charge in [0.25, 0.3) is 5.88 Å². The summed E-state index contributed by atoms with van der Waals surface area (Å²) in [7, 11) is 0. The second-order valence-electron chi connectivity index (χ2n) is 4.24. The number of hydrogen-bond acceptors (Lipinski definition) is 5. The van der Waals surface area contributed by atoms with Gasteiger partial charge in [0.2, 0.25) is 0 Å². The first-order valence-corrected chi connectivity index (χ1v) is 6.18. The topological polar surface area (TPSA) is 77.3 Å². The van der Waals surface area contributed by atoms with Crippen LogP contribution < -0.4 is 10.1 Å². The molecule has 1 N–H and O–H groups in total. The monoisotopic (exact) mass is 271 g/mol. The summed E-state index contributed by atoms with van der Waals surface area (Å²) in [5.41, 5.74) is -0.184. The summed E-state index contributed by atoms with van der Waals surface area (Å²) in [5.74, 6) is 0.464. The molecule has 0 aliphatic carbocycles. The summed E-state index contributed by atoms with van der Waals surface area (Å²) in [6.07, 6.45) is 3.38. The molecule has 7 heteroatoms. The van der Waals surface area contributed by atoms with Crippen molar-refractivity contribution >= 4 is 17.3 Å². The predicted molar refractivity (Wildman–Crippen MR) is 67.0 cm³/mol. The van der Waals surface area contributed by atoms with Gasteiger partial charge in [-0.15, -0.1) is 0 Å². The molecule has 0 atom stereocenters. The molecule has 0 radical (unpaired) electrons. The Morgan fingerprint density at radius 2 is 2.28 bits per heavy atom. The average molecular weight is 272 g/mol. The number of nitro groups is 1. The molecule has 1 aliphatic rings. The van der Waals surface area contributed by atoms with E-state index in [0.717, 1.165) is 25.9 Å². The van der Waals surface area contributed by atoms with Crippen molar-refractivity contribution in [1.29, 1.82) is 0 Å². The van der Waals surface area contributed by atoms with Crippen LogP contribution in [0.3, 0.4) is 0 Å². The Kier molecular flexibility index (Phi) is 4.33. The first kappa shape index (κ1) is 13.0. The maximum absolute atomic E-state index is 10.8. The highest BCUT2D eigenvalue weighted by molar-refractivity contribution is 6.30. The Balaban J connectivity index is 2.01. The number of pyridine rings is 1. The van der Waals surface area contributed by atoms with E-state index in [4.69, 9.17) is 16.3 Å². The maximum Gasteiger partial charge on any atom is 0.332 e. The van der Waals surface area contributed by atoms with Gasteiger partial charge in [-0.25, -0.2) is 4.98 Å². The normalized spacial score (nSPS) is 16.5. The summed E-state index contributed by atoms with van der Waals surface area (Å²) in [5, 5.41) is 14.3.